The lowest BCUT2D eigenvalue weighted by Crippen LogP contribution is -2.39. The van der Waals surface area contributed by atoms with E-state index in [1.807, 2.05) is 25.1 Å². The fourth-order valence-corrected chi connectivity index (χ4v) is 2.39. The van der Waals surface area contributed by atoms with Crippen LogP contribution in [0.1, 0.15) is 5.56 Å². The first-order chi connectivity index (χ1) is 9.47. The topological polar surface area (TPSA) is 77.3 Å². The summed E-state index contributed by atoms with van der Waals surface area (Å²) in [5.41, 5.74) is 0.373. The second kappa shape index (κ2) is 4.09. The summed E-state index contributed by atoms with van der Waals surface area (Å²) >= 11 is 0. The van der Waals surface area contributed by atoms with Gasteiger partial charge in [0.05, 0.1) is 10.1 Å². The van der Waals surface area contributed by atoms with Crippen molar-refractivity contribution in [1.29, 1.82) is 0 Å². The molecule has 98 valence electrons. The number of carbonyl (C=O) groups excluding carboxylic acids is 2. The van der Waals surface area contributed by atoms with Crippen LogP contribution >= 0.6 is 0 Å². The van der Waals surface area contributed by atoms with E-state index in [4.69, 9.17) is 0 Å². The number of nitro groups is 1. The number of fused-ring (bicyclic) bond motifs is 2. The molecule has 0 radical (unpaired) electrons. The van der Waals surface area contributed by atoms with Gasteiger partial charge in [0, 0.05) is 0 Å². The van der Waals surface area contributed by atoms with E-state index in [1.165, 1.54) is 0 Å². The molecule has 0 atom stereocenters. The third kappa shape index (κ3) is 1.72. The summed E-state index contributed by atoms with van der Waals surface area (Å²) < 4.78 is 0. The number of hydrogen-bond donors (Lipinski definition) is 0. The molecule has 20 heavy (non-hydrogen) atoms. The second-order valence-electron chi connectivity index (χ2n) is 4.73. The Morgan fingerprint density at radius 1 is 1.05 bits per heavy atom. The predicted molar refractivity (Wildman–Crippen MR) is 72.8 cm³/mol. The Hall–Kier alpha value is -2.82. The molecule has 0 unspecified atom stereocenters. The Morgan fingerprint density at radius 2 is 1.80 bits per heavy atom. The number of Topliss-reactive ketones (excluding diaryl/α,β-unsaturated/α-hetero) is 2. The van der Waals surface area contributed by atoms with Gasteiger partial charge in [-0.2, -0.15) is 0 Å². The Morgan fingerprint density at radius 3 is 2.50 bits per heavy atom. The summed E-state index contributed by atoms with van der Waals surface area (Å²) in [5, 5.41) is 13.4. The molecule has 0 N–H and O–H groups in total. The van der Waals surface area contributed by atoms with E-state index in [0.29, 0.717) is 5.22 Å². The first-order valence-electron chi connectivity index (χ1n) is 5.97. The summed E-state index contributed by atoms with van der Waals surface area (Å²) in [5.74, 6) is -1.91. The fraction of sp³-hybridized carbons (Fsp3) is 0.0667. The maximum absolute atomic E-state index is 11.7. The van der Waals surface area contributed by atoms with Gasteiger partial charge in [-0.1, -0.05) is 23.8 Å². The quantitative estimate of drug-likeness (QED) is 0.427. The predicted octanol–water partition coefficient (Wildman–Crippen LogP) is 0.465. The van der Waals surface area contributed by atoms with Crippen LogP contribution in [0.5, 0.6) is 0 Å². The fourth-order valence-electron chi connectivity index (χ4n) is 2.39. The molecule has 0 heterocycles. The lowest BCUT2D eigenvalue weighted by atomic mass is 9.98. The molecular weight excluding hydrogens is 258 g/mol. The van der Waals surface area contributed by atoms with Crippen LogP contribution in [0.2, 0.25) is 0 Å². The van der Waals surface area contributed by atoms with Gasteiger partial charge in [-0.15, -0.1) is 0 Å². The van der Waals surface area contributed by atoms with E-state index in [-0.39, 0.29) is 5.22 Å². The highest BCUT2D eigenvalue weighted by Gasteiger charge is 2.31. The SMILES string of the molecule is Cc1ccc2cc3c(cc2c1)=C([N+](=O)[O-])C(=O)C(=O)C=3. The summed E-state index contributed by atoms with van der Waals surface area (Å²) in [4.78, 5) is 33.5. The molecule has 2 aromatic rings. The zero-order valence-corrected chi connectivity index (χ0v) is 10.5. The smallest absolute Gasteiger partial charge is 0.285 e. The largest absolute Gasteiger partial charge is 0.328 e. The van der Waals surface area contributed by atoms with Gasteiger partial charge in [-0.3, -0.25) is 19.7 Å². The first-order valence-corrected chi connectivity index (χ1v) is 5.97. The number of aryl methyl sites for hydroxylation is 1. The van der Waals surface area contributed by atoms with Crippen molar-refractivity contribution in [3.05, 3.63) is 56.4 Å². The van der Waals surface area contributed by atoms with Crippen molar-refractivity contribution in [2.45, 2.75) is 6.92 Å². The van der Waals surface area contributed by atoms with Crippen molar-refractivity contribution in [1.82, 2.24) is 0 Å². The minimum atomic E-state index is -1.06. The minimum Gasteiger partial charge on any atom is -0.285 e. The Kier molecular flexibility index (Phi) is 2.50. The van der Waals surface area contributed by atoms with Crippen LogP contribution in [0.15, 0.2) is 30.3 Å². The molecule has 0 aromatic heterocycles. The average molecular weight is 267 g/mol. The number of nitrogens with zero attached hydrogens (tertiary/aromatic N) is 1. The zero-order valence-electron chi connectivity index (χ0n) is 10.5. The molecular formula is C15H9NO4. The van der Waals surface area contributed by atoms with Crippen LogP contribution < -0.4 is 10.4 Å². The third-order valence-corrected chi connectivity index (χ3v) is 3.33. The Labute approximate surface area is 113 Å². The minimum absolute atomic E-state index is 0.206. The zero-order chi connectivity index (χ0) is 14.4. The van der Waals surface area contributed by atoms with Crippen molar-refractivity contribution in [2.75, 3.05) is 0 Å². The molecule has 2 aromatic carbocycles. The lowest BCUT2D eigenvalue weighted by Gasteiger charge is -2.05. The van der Waals surface area contributed by atoms with Gasteiger partial charge in [0.15, 0.2) is 0 Å². The molecule has 1 aliphatic carbocycles. The lowest BCUT2D eigenvalue weighted by molar-refractivity contribution is -0.375. The summed E-state index contributed by atoms with van der Waals surface area (Å²) in [7, 11) is 0. The van der Waals surface area contributed by atoms with Crippen LogP contribution in [-0.4, -0.2) is 16.5 Å². The van der Waals surface area contributed by atoms with Crippen LogP contribution in [0.25, 0.3) is 22.5 Å². The van der Waals surface area contributed by atoms with Crippen molar-refractivity contribution in [3.8, 4) is 0 Å². The number of ketones is 2. The van der Waals surface area contributed by atoms with E-state index in [0.717, 1.165) is 22.4 Å². The van der Waals surface area contributed by atoms with Gasteiger partial charge in [-0.25, -0.2) is 0 Å². The van der Waals surface area contributed by atoms with Crippen molar-refractivity contribution in [3.63, 3.8) is 0 Å². The maximum Gasteiger partial charge on any atom is 0.328 e. The van der Waals surface area contributed by atoms with Gasteiger partial charge in [0.2, 0.25) is 5.78 Å². The van der Waals surface area contributed by atoms with E-state index >= 15 is 0 Å². The Balaban J connectivity index is 2.55. The molecule has 0 amide bonds. The van der Waals surface area contributed by atoms with Gasteiger partial charge in [0.25, 0.3) is 0 Å². The van der Waals surface area contributed by atoms with Crippen LogP contribution in [-0.2, 0) is 9.59 Å². The number of carbonyl (C=O) groups is 2. The van der Waals surface area contributed by atoms with Crippen LogP contribution in [0, 0.1) is 17.0 Å². The molecule has 0 fully saturated rings. The average Bonchev–Trinajstić information content (AvgIpc) is 2.38. The van der Waals surface area contributed by atoms with Crippen molar-refractivity contribution >= 4 is 34.1 Å². The Bertz CT molecular complexity index is 925. The van der Waals surface area contributed by atoms with Gasteiger partial charge < -0.3 is 0 Å². The highest BCUT2D eigenvalue weighted by Crippen LogP contribution is 2.13. The van der Waals surface area contributed by atoms with E-state index < -0.39 is 22.2 Å². The molecule has 0 saturated carbocycles. The van der Waals surface area contributed by atoms with Crippen LogP contribution in [0.4, 0.5) is 0 Å². The molecule has 0 spiro atoms. The van der Waals surface area contributed by atoms with Crippen molar-refractivity contribution < 1.29 is 14.5 Å². The second-order valence-corrected chi connectivity index (χ2v) is 4.73. The number of hydrogen-bond acceptors (Lipinski definition) is 4. The maximum atomic E-state index is 11.7. The summed E-state index contributed by atoms with van der Waals surface area (Å²) in [6.45, 7) is 1.91. The molecule has 0 bridgehead atoms. The first kappa shape index (κ1) is 12.2. The molecule has 1 aliphatic rings. The molecule has 5 nitrogen and oxygen atoms in total. The van der Waals surface area contributed by atoms with Crippen molar-refractivity contribution in [2.24, 2.45) is 0 Å². The number of benzene rings is 2. The monoisotopic (exact) mass is 267 g/mol. The van der Waals surface area contributed by atoms with E-state index in [9.17, 15) is 19.7 Å². The van der Waals surface area contributed by atoms with Gasteiger partial charge >= 0.3 is 11.5 Å². The van der Waals surface area contributed by atoms with E-state index in [1.54, 1.807) is 12.1 Å². The molecule has 5 heteroatoms. The molecule has 0 saturated heterocycles. The third-order valence-electron chi connectivity index (χ3n) is 3.33. The highest BCUT2D eigenvalue weighted by molar-refractivity contribution is 6.59. The normalized spacial score (nSPS) is 14.2. The summed E-state index contributed by atoms with van der Waals surface area (Å²) in [6, 6.07) is 8.97. The van der Waals surface area contributed by atoms with Gasteiger partial charge in [-0.05, 0) is 41.1 Å². The summed E-state index contributed by atoms with van der Waals surface area (Å²) in [6.07, 6.45) is 1.16. The molecule has 3 rings (SSSR count). The highest BCUT2D eigenvalue weighted by atomic mass is 16.6. The van der Waals surface area contributed by atoms with E-state index in [2.05, 4.69) is 0 Å². The molecule has 0 aliphatic heterocycles. The number of rotatable bonds is 1. The van der Waals surface area contributed by atoms with Gasteiger partial charge in [0.1, 0.15) is 0 Å². The standard InChI is InChI=1S/C15H9NO4/c1-8-2-3-9-5-11-7-13(17)15(18)14(16(19)20)12(11)6-10(9)4-8/h2-7H,1H3. The van der Waals surface area contributed by atoms with Crippen LogP contribution in [0.3, 0.4) is 0 Å².